The fraction of sp³-hybridized carbons (Fsp3) is 0.263. The largest absolute Gasteiger partial charge is 0.338 e. The van der Waals surface area contributed by atoms with E-state index in [2.05, 4.69) is 27.7 Å². The fourth-order valence-corrected chi connectivity index (χ4v) is 3.19. The smallest absolute Gasteiger partial charge is 0.244 e. The van der Waals surface area contributed by atoms with E-state index in [4.69, 9.17) is 0 Å². The van der Waals surface area contributed by atoms with Crippen LogP contribution < -0.4 is 0 Å². The van der Waals surface area contributed by atoms with Gasteiger partial charge < -0.3 is 4.90 Å². The summed E-state index contributed by atoms with van der Waals surface area (Å²) in [5.74, 6) is 0.686. The second kappa shape index (κ2) is 6.84. The molecule has 126 valence electrons. The number of amides is 1. The number of nitrogens with zero attached hydrogens (tertiary/aromatic N) is 5. The topological polar surface area (TPSA) is 63.9 Å². The van der Waals surface area contributed by atoms with E-state index >= 15 is 0 Å². The Morgan fingerprint density at radius 2 is 1.76 bits per heavy atom. The fourth-order valence-electron chi connectivity index (χ4n) is 3.19. The third-order valence-corrected chi connectivity index (χ3v) is 4.63. The predicted octanol–water partition coefficient (Wildman–Crippen LogP) is 2.18. The van der Waals surface area contributed by atoms with Crippen molar-refractivity contribution in [3.8, 4) is 11.4 Å². The third-order valence-electron chi connectivity index (χ3n) is 4.63. The number of hydrogen-bond donors (Lipinski definition) is 0. The van der Waals surface area contributed by atoms with Crippen LogP contribution in [0.5, 0.6) is 0 Å². The molecule has 1 unspecified atom stereocenters. The van der Waals surface area contributed by atoms with Gasteiger partial charge in [-0.25, -0.2) is 4.68 Å². The first-order valence-electron chi connectivity index (χ1n) is 8.46. The lowest BCUT2D eigenvalue weighted by molar-refractivity contribution is -0.139. The lowest BCUT2D eigenvalue weighted by Crippen LogP contribution is -2.53. The van der Waals surface area contributed by atoms with Gasteiger partial charge in [-0.3, -0.25) is 4.79 Å². The average molecular weight is 333 g/mol. The molecule has 0 saturated carbocycles. The van der Waals surface area contributed by atoms with Crippen molar-refractivity contribution in [2.45, 2.75) is 25.4 Å². The van der Waals surface area contributed by atoms with Crippen LogP contribution in [-0.4, -0.2) is 43.6 Å². The van der Waals surface area contributed by atoms with E-state index in [1.54, 1.807) is 4.68 Å². The summed E-state index contributed by atoms with van der Waals surface area (Å²) in [6, 6.07) is 20.2. The number of benzene rings is 2. The molecule has 6 nitrogen and oxygen atoms in total. The van der Waals surface area contributed by atoms with Crippen LogP contribution in [-0.2, 0) is 17.8 Å². The van der Waals surface area contributed by atoms with Crippen molar-refractivity contribution in [1.82, 2.24) is 25.1 Å². The molecule has 1 aromatic heterocycles. The normalized spacial score (nSPS) is 16.5. The number of aromatic nitrogens is 4. The Balaban J connectivity index is 1.44. The standard InChI is InChI=1S/C19H19N5O/c25-18(23-12-11-17(23)13-15-7-3-1-4-8-15)14-24-19(20-21-22-24)16-9-5-2-6-10-16/h1-10,17H,11-14H2. The Kier molecular flexibility index (Phi) is 4.24. The van der Waals surface area contributed by atoms with E-state index in [-0.39, 0.29) is 18.5 Å². The van der Waals surface area contributed by atoms with Gasteiger partial charge in [-0.2, -0.15) is 0 Å². The van der Waals surface area contributed by atoms with Crippen LogP contribution in [0.2, 0.25) is 0 Å². The number of tetrazole rings is 1. The van der Waals surface area contributed by atoms with Crippen molar-refractivity contribution in [2.75, 3.05) is 6.54 Å². The highest BCUT2D eigenvalue weighted by Gasteiger charge is 2.32. The first-order chi connectivity index (χ1) is 12.3. The maximum absolute atomic E-state index is 12.7. The molecule has 0 N–H and O–H groups in total. The zero-order valence-electron chi connectivity index (χ0n) is 13.8. The van der Waals surface area contributed by atoms with Gasteiger partial charge in [-0.15, -0.1) is 5.10 Å². The van der Waals surface area contributed by atoms with Crippen molar-refractivity contribution < 1.29 is 4.79 Å². The SMILES string of the molecule is O=C(Cn1nnnc1-c1ccccc1)N1CCC1Cc1ccccc1. The second-order valence-electron chi connectivity index (χ2n) is 6.25. The molecule has 1 aliphatic rings. The van der Waals surface area contributed by atoms with Crippen LogP contribution in [0.25, 0.3) is 11.4 Å². The van der Waals surface area contributed by atoms with Crippen LogP contribution in [0.15, 0.2) is 60.7 Å². The Labute approximate surface area is 146 Å². The van der Waals surface area contributed by atoms with Crippen LogP contribution >= 0.6 is 0 Å². The highest BCUT2D eigenvalue weighted by atomic mass is 16.2. The predicted molar refractivity (Wildman–Crippen MR) is 93.5 cm³/mol. The zero-order chi connectivity index (χ0) is 17.1. The van der Waals surface area contributed by atoms with Crippen LogP contribution in [0.1, 0.15) is 12.0 Å². The molecule has 0 aliphatic carbocycles. The summed E-state index contributed by atoms with van der Waals surface area (Å²) in [5, 5.41) is 11.8. The second-order valence-corrected chi connectivity index (χ2v) is 6.25. The molecular weight excluding hydrogens is 314 g/mol. The highest BCUT2D eigenvalue weighted by molar-refractivity contribution is 5.77. The summed E-state index contributed by atoms with van der Waals surface area (Å²) in [6.45, 7) is 0.974. The minimum atomic E-state index is 0.0664. The van der Waals surface area contributed by atoms with Crippen molar-refractivity contribution in [2.24, 2.45) is 0 Å². The summed E-state index contributed by atoms with van der Waals surface area (Å²) < 4.78 is 1.58. The maximum atomic E-state index is 12.7. The number of rotatable bonds is 5. The van der Waals surface area contributed by atoms with E-state index in [1.165, 1.54) is 5.56 Å². The summed E-state index contributed by atoms with van der Waals surface area (Å²) >= 11 is 0. The molecule has 0 spiro atoms. The summed E-state index contributed by atoms with van der Waals surface area (Å²) in [4.78, 5) is 14.6. The van der Waals surface area contributed by atoms with Gasteiger partial charge in [0.15, 0.2) is 5.82 Å². The minimum absolute atomic E-state index is 0.0664. The van der Waals surface area contributed by atoms with Gasteiger partial charge >= 0.3 is 0 Å². The summed E-state index contributed by atoms with van der Waals surface area (Å²) in [6.07, 6.45) is 1.94. The molecule has 1 saturated heterocycles. The van der Waals surface area contributed by atoms with Gasteiger partial charge in [-0.05, 0) is 28.8 Å². The lowest BCUT2D eigenvalue weighted by atomic mass is 9.95. The van der Waals surface area contributed by atoms with Crippen molar-refractivity contribution in [3.05, 3.63) is 66.2 Å². The molecule has 1 atom stereocenters. The van der Waals surface area contributed by atoms with Gasteiger partial charge in [0.2, 0.25) is 5.91 Å². The quantitative estimate of drug-likeness (QED) is 0.718. The molecule has 2 aromatic carbocycles. The van der Waals surface area contributed by atoms with Gasteiger partial charge in [0.1, 0.15) is 6.54 Å². The Bertz CT molecular complexity index is 847. The van der Waals surface area contributed by atoms with E-state index in [0.717, 1.165) is 24.9 Å². The number of carbonyl (C=O) groups excluding carboxylic acids is 1. The third kappa shape index (κ3) is 3.28. The van der Waals surface area contributed by atoms with Crippen LogP contribution in [0.4, 0.5) is 0 Å². The molecule has 2 heterocycles. The zero-order valence-corrected chi connectivity index (χ0v) is 13.8. The molecule has 4 rings (SSSR count). The van der Waals surface area contributed by atoms with Crippen molar-refractivity contribution in [1.29, 1.82) is 0 Å². The average Bonchev–Trinajstić information content (AvgIpc) is 3.08. The monoisotopic (exact) mass is 333 g/mol. The van der Waals surface area contributed by atoms with E-state index in [1.807, 2.05) is 53.4 Å². The number of hydrogen-bond acceptors (Lipinski definition) is 4. The molecule has 1 aliphatic heterocycles. The van der Waals surface area contributed by atoms with Crippen LogP contribution in [0, 0.1) is 0 Å². The molecular formula is C19H19N5O. The van der Waals surface area contributed by atoms with Gasteiger partial charge in [0.05, 0.1) is 0 Å². The highest BCUT2D eigenvalue weighted by Crippen LogP contribution is 2.23. The maximum Gasteiger partial charge on any atom is 0.244 e. The molecule has 0 bridgehead atoms. The summed E-state index contributed by atoms with van der Waals surface area (Å²) in [7, 11) is 0. The van der Waals surface area contributed by atoms with Gasteiger partial charge in [0.25, 0.3) is 0 Å². The van der Waals surface area contributed by atoms with E-state index < -0.39 is 0 Å². The van der Waals surface area contributed by atoms with Crippen molar-refractivity contribution >= 4 is 5.91 Å². The Morgan fingerprint density at radius 1 is 1.04 bits per heavy atom. The van der Waals surface area contributed by atoms with Crippen LogP contribution in [0.3, 0.4) is 0 Å². The molecule has 6 heteroatoms. The van der Waals surface area contributed by atoms with E-state index in [9.17, 15) is 4.79 Å². The molecule has 1 amide bonds. The first-order valence-corrected chi connectivity index (χ1v) is 8.46. The Hall–Kier alpha value is -3.02. The molecule has 1 fully saturated rings. The van der Waals surface area contributed by atoms with E-state index in [0.29, 0.717) is 5.82 Å². The summed E-state index contributed by atoms with van der Waals surface area (Å²) in [5.41, 5.74) is 2.17. The number of likely N-dealkylation sites (tertiary alicyclic amines) is 1. The number of carbonyl (C=O) groups is 1. The van der Waals surface area contributed by atoms with Crippen molar-refractivity contribution in [3.63, 3.8) is 0 Å². The molecule has 25 heavy (non-hydrogen) atoms. The molecule has 0 radical (unpaired) electrons. The first kappa shape index (κ1) is 15.5. The van der Waals surface area contributed by atoms with Gasteiger partial charge in [-0.1, -0.05) is 60.7 Å². The molecule has 3 aromatic rings. The lowest BCUT2D eigenvalue weighted by Gasteiger charge is -2.41. The minimum Gasteiger partial charge on any atom is -0.338 e. The Morgan fingerprint density at radius 3 is 2.44 bits per heavy atom. The van der Waals surface area contributed by atoms with Gasteiger partial charge in [0, 0.05) is 18.2 Å².